The summed E-state index contributed by atoms with van der Waals surface area (Å²) in [6.45, 7) is 0. The number of thiocarbonyl (C=S) groups is 1. The molecular weight excluding hydrogens is 541 g/mol. The summed E-state index contributed by atoms with van der Waals surface area (Å²) in [6.07, 6.45) is 1.41. The molecule has 0 bridgehead atoms. The molecule has 3 aromatic rings. The second kappa shape index (κ2) is 9.92. The van der Waals surface area contributed by atoms with Gasteiger partial charge in [0.15, 0.2) is 10.9 Å². The molecular formula is C20H15ClIN3O4S. The zero-order chi connectivity index (χ0) is 21.7. The Kier molecular flexibility index (Phi) is 7.29. The third-order valence-electron chi connectivity index (χ3n) is 3.85. The zero-order valence-electron chi connectivity index (χ0n) is 15.5. The lowest BCUT2D eigenvalue weighted by Crippen LogP contribution is -2.34. The van der Waals surface area contributed by atoms with Crippen LogP contribution in [-0.4, -0.2) is 24.0 Å². The molecule has 0 aliphatic carbocycles. The standard InChI is InChI=1S/C20H15ClIN3O4S/c1-28-16-7-5-12(23-19(27)17-3-2-8-29-17)10-15(16)24-20(30)25-18(26)13-9-11(22)4-6-14(13)21/h2-10H,1H3,(H,23,27)(H2,24,25,26,30). The molecule has 30 heavy (non-hydrogen) atoms. The predicted octanol–water partition coefficient (Wildman–Crippen LogP) is 4.93. The van der Waals surface area contributed by atoms with Gasteiger partial charge in [0.1, 0.15) is 5.75 Å². The number of ether oxygens (including phenoxy) is 1. The number of rotatable bonds is 5. The highest BCUT2D eigenvalue weighted by Gasteiger charge is 2.15. The number of nitrogens with one attached hydrogen (secondary N) is 3. The molecule has 154 valence electrons. The minimum atomic E-state index is -0.447. The smallest absolute Gasteiger partial charge is 0.291 e. The number of carbonyl (C=O) groups is 2. The van der Waals surface area contributed by atoms with Gasteiger partial charge in [-0.15, -0.1) is 0 Å². The Morgan fingerprint density at radius 1 is 1.10 bits per heavy atom. The highest BCUT2D eigenvalue weighted by molar-refractivity contribution is 14.1. The molecule has 7 nitrogen and oxygen atoms in total. The number of furan rings is 1. The second-order valence-corrected chi connectivity index (χ2v) is 7.94. The highest BCUT2D eigenvalue weighted by atomic mass is 127. The minimum absolute atomic E-state index is 0.0442. The van der Waals surface area contributed by atoms with Crippen LogP contribution in [0.3, 0.4) is 0 Å². The van der Waals surface area contributed by atoms with Crippen molar-refractivity contribution in [1.29, 1.82) is 0 Å². The molecule has 0 aliphatic rings. The average molecular weight is 556 g/mol. The van der Waals surface area contributed by atoms with Crippen LogP contribution in [0, 0.1) is 3.57 Å². The fourth-order valence-electron chi connectivity index (χ4n) is 2.48. The maximum atomic E-state index is 12.5. The van der Waals surface area contributed by atoms with E-state index < -0.39 is 11.8 Å². The number of halogens is 2. The van der Waals surface area contributed by atoms with E-state index in [0.717, 1.165) is 3.57 Å². The lowest BCUT2D eigenvalue weighted by atomic mass is 10.2. The maximum Gasteiger partial charge on any atom is 0.291 e. The van der Waals surface area contributed by atoms with E-state index in [1.807, 2.05) is 0 Å². The largest absolute Gasteiger partial charge is 0.495 e. The lowest BCUT2D eigenvalue weighted by molar-refractivity contribution is 0.0975. The van der Waals surface area contributed by atoms with Gasteiger partial charge in [0, 0.05) is 9.26 Å². The van der Waals surface area contributed by atoms with Crippen LogP contribution >= 0.6 is 46.4 Å². The molecule has 0 saturated heterocycles. The fourth-order valence-corrected chi connectivity index (χ4v) is 3.38. The fraction of sp³-hybridized carbons (Fsp3) is 0.0500. The normalized spacial score (nSPS) is 10.2. The Balaban J connectivity index is 1.72. The van der Waals surface area contributed by atoms with Crippen LogP contribution in [0.15, 0.2) is 59.2 Å². The summed E-state index contributed by atoms with van der Waals surface area (Å²) in [5.74, 6) is -0.204. The van der Waals surface area contributed by atoms with Crippen molar-refractivity contribution in [2.24, 2.45) is 0 Å². The van der Waals surface area contributed by atoms with Crippen LogP contribution in [0.1, 0.15) is 20.9 Å². The Morgan fingerprint density at radius 2 is 1.90 bits per heavy atom. The Hall–Kier alpha value is -2.63. The summed E-state index contributed by atoms with van der Waals surface area (Å²) in [6, 6.07) is 13.2. The van der Waals surface area contributed by atoms with E-state index in [2.05, 4.69) is 38.5 Å². The molecule has 0 fully saturated rings. The summed E-state index contributed by atoms with van der Waals surface area (Å²) in [7, 11) is 1.49. The number of carbonyl (C=O) groups excluding carboxylic acids is 2. The number of hydrogen-bond donors (Lipinski definition) is 3. The lowest BCUT2D eigenvalue weighted by Gasteiger charge is -2.15. The van der Waals surface area contributed by atoms with E-state index in [1.54, 1.807) is 48.5 Å². The van der Waals surface area contributed by atoms with Crippen molar-refractivity contribution >= 4 is 74.7 Å². The van der Waals surface area contributed by atoms with Crippen LogP contribution < -0.4 is 20.7 Å². The van der Waals surface area contributed by atoms with Crippen LogP contribution in [0.25, 0.3) is 0 Å². The minimum Gasteiger partial charge on any atom is -0.495 e. The summed E-state index contributed by atoms with van der Waals surface area (Å²) >= 11 is 13.4. The molecule has 0 atom stereocenters. The molecule has 3 rings (SSSR count). The first-order valence-electron chi connectivity index (χ1n) is 8.47. The molecule has 0 spiro atoms. The Bertz CT molecular complexity index is 1110. The van der Waals surface area contributed by atoms with Crippen LogP contribution in [0.2, 0.25) is 5.02 Å². The number of methoxy groups -OCH3 is 1. The first kappa shape index (κ1) is 22.1. The van der Waals surface area contributed by atoms with Gasteiger partial charge < -0.3 is 19.8 Å². The summed E-state index contributed by atoms with van der Waals surface area (Å²) in [4.78, 5) is 24.7. The Labute approximate surface area is 196 Å². The van der Waals surface area contributed by atoms with Gasteiger partial charge in [-0.3, -0.25) is 14.9 Å². The van der Waals surface area contributed by atoms with E-state index in [9.17, 15) is 9.59 Å². The van der Waals surface area contributed by atoms with Crippen LogP contribution in [0.4, 0.5) is 11.4 Å². The van der Waals surface area contributed by atoms with Crippen molar-refractivity contribution in [3.8, 4) is 5.75 Å². The number of amides is 2. The van der Waals surface area contributed by atoms with Crippen molar-refractivity contribution < 1.29 is 18.7 Å². The topological polar surface area (TPSA) is 92.6 Å². The molecule has 2 aromatic carbocycles. The highest BCUT2D eigenvalue weighted by Crippen LogP contribution is 2.28. The van der Waals surface area contributed by atoms with Gasteiger partial charge in [0.05, 0.1) is 29.6 Å². The van der Waals surface area contributed by atoms with Gasteiger partial charge in [-0.1, -0.05) is 11.6 Å². The molecule has 3 N–H and O–H groups in total. The first-order chi connectivity index (χ1) is 14.4. The zero-order valence-corrected chi connectivity index (χ0v) is 19.2. The van der Waals surface area contributed by atoms with Gasteiger partial charge in [-0.2, -0.15) is 0 Å². The van der Waals surface area contributed by atoms with E-state index in [4.69, 9.17) is 33.0 Å². The van der Waals surface area contributed by atoms with Crippen LogP contribution in [0.5, 0.6) is 5.75 Å². The average Bonchev–Trinajstić information content (AvgIpc) is 3.25. The van der Waals surface area contributed by atoms with E-state index in [0.29, 0.717) is 27.7 Å². The van der Waals surface area contributed by atoms with Crippen molar-refractivity contribution in [2.45, 2.75) is 0 Å². The van der Waals surface area contributed by atoms with Crippen molar-refractivity contribution in [3.63, 3.8) is 0 Å². The molecule has 0 unspecified atom stereocenters. The molecule has 10 heteroatoms. The molecule has 1 heterocycles. The SMILES string of the molecule is COc1ccc(NC(=O)c2ccco2)cc1NC(=S)NC(=O)c1cc(I)ccc1Cl. The van der Waals surface area contributed by atoms with Crippen LogP contribution in [-0.2, 0) is 0 Å². The van der Waals surface area contributed by atoms with E-state index in [-0.39, 0.29) is 10.9 Å². The molecule has 0 radical (unpaired) electrons. The van der Waals surface area contributed by atoms with Gasteiger partial charge in [0.2, 0.25) is 0 Å². The van der Waals surface area contributed by atoms with Crippen molar-refractivity contribution in [1.82, 2.24) is 5.32 Å². The number of anilines is 2. The first-order valence-corrected chi connectivity index (χ1v) is 10.3. The summed E-state index contributed by atoms with van der Waals surface area (Å²) in [5, 5.41) is 8.55. The number of benzene rings is 2. The molecule has 0 saturated carbocycles. The third kappa shape index (κ3) is 5.49. The maximum absolute atomic E-state index is 12.5. The predicted molar refractivity (Wildman–Crippen MR) is 128 cm³/mol. The third-order valence-corrected chi connectivity index (χ3v) is 5.06. The van der Waals surface area contributed by atoms with Gasteiger partial charge >= 0.3 is 0 Å². The van der Waals surface area contributed by atoms with Gasteiger partial charge in [0.25, 0.3) is 11.8 Å². The molecule has 0 aliphatic heterocycles. The second-order valence-electron chi connectivity index (χ2n) is 5.88. The monoisotopic (exact) mass is 555 g/mol. The summed E-state index contributed by atoms with van der Waals surface area (Å²) < 4.78 is 11.3. The molecule has 2 amide bonds. The Morgan fingerprint density at radius 3 is 2.60 bits per heavy atom. The van der Waals surface area contributed by atoms with Gasteiger partial charge in [-0.05, 0) is 83.3 Å². The number of hydrogen-bond acceptors (Lipinski definition) is 5. The quantitative estimate of drug-likeness (QED) is 0.306. The van der Waals surface area contributed by atoms with E-state index >= 15 is 0 Å². The van der Waals surface area contributed by atoms with Crippen molar-refractivity contribution in [2.75, 3.05) is 17.7 Å². The van der Waals surface area contributed by atoms with E-state index in [1.165, 1.54) is 13.4 Å². The molecule has 1 aromatic heterocycles. The van der Waals surface area contributed by atoms with Crippen molar-refractivity contribution in [3.05, 3.63) is 74.7 Å². The van der Waals surface area contributed by atoms with Gasteiger partial charge in [-0.25, -0.2) is 0 Å². The summed E-state index contributed by atoms with van der Waals surface area (Å²) in [5.41, 5.74) is 1.24.